The molecule has 4 rings (SSSR count). The minimum atomic E-state index is 0.678. The molecular weight excluding hydrogens is 320 g/mol. The minimum absolute atomic E-state index is 0.678. The summed E-state index contributed by atoms with van der Waals surface area (Å²) in [5, 5.41) is 8.81. The van der Waals surface area contributed by atoms with E-state index >= 15 is 0 Å². The first kappa shape index (κ1) is 15.2. The number of allylic oxidation sites excluding steroid dienone is 1. The predicted molar refractivity (Wildman–Crippen MR) is 97.3 cm³/mol. The fourth-order valence-electron chi connectivity index (χ4n) is 2.84. The molecule has 2 heterocycles. The molecule has 0 saturated heterocycles. The van der Waals surface area contributed by atoms with Crippen LogP contribution in [-0.4, -0.2) is 14.6 Å². The maximum Gasteiger partial charge on any atom is 0.158 e. The molecule has 2 aromatic heterocycles. The van der Waals surface area contributed by atoms with Gasteiger partial charge in [-0.15, -0.1) is 5.10 Å². The van der Waals surface area contributed by atoms with Gasteiger partial charge in [0, 0.05) is 18.0 Å². The maximum absolute atomic E-state index is 6.04. The molecule has 122 valence electrons. The third-order valence-electron chi connectivity index (χ3n) is 4.31. The lowest BCUT2D eigenvalue weighted by Crippen LogP contribution is -2.05. The van der Waals surface area contributed by atoms with E-state index in [9.17, 15) is 0 Å². The summed E-state index contributed by atoms with van der Waals surface area (Å²) in [4.78, 5) is 4.62. The van der Waals surface area contributed by atoms with Crippen LogP contribution in [0.25, 0.3) is 5.65 Å². The van der Waals surface area contributed by atoms with Gasteiger partial charge >= 0.3 is 0 Å². The third-order valence-corrected chi connectivity index (χ3v) is 4.54. The number of aromatic nitrogens is 3. The van der Waals surface area contributed by atoms with Gasteiger partial charge in [-0.2, -0.15) is 4.52 Å². The molecule has 1 fully saturated rings. The van der Waals surface area contributed by atoms with Crippen LogP contribution >= 0.6 is 11.6 Å². The van der Waals surface area contributed by atoms with E-state index in [4.69, 9.17) is 11.6 Å². The molecule has 0 atom stereocenters. The Morgan fingerprint density at radius 2 is 2.08 bits per heavy atom. The fourth-order valence-corrected chi connectivity index (χ4v) is 3.05. The topological polar surface area (TPSA) is 42.2 Å². The van der Waals surface area contributed by atoms with Crippen molar-refractivity contribution < 1.29 is 0 Å². The van der Waals surface area contributed by atoms with Crippen molar-refractivity contribution in [3.8, 4) is 0 Å². The van der Waals surface area contributed by atoms with Crippen molar-refractivity contribution in [3.05, 3.63) is 71.0 Å². The highest BCUT2D eigenvalue weighted by atomic mass is 35.5. The van der Waals surface area contributed by atoms with Crippen LogP contribution < -0.4 is 5.32 Å². The second kappa shape index (κ2) is 6.29. The summed E-state index contributed by atoms with van der Waals surface area (Å²) >= 11 is 6.04. The standard InChI is InChI=1S/C19H19ClN4/c1-13(15-8-9-15)10-17-22-19-7-3-6-18(24(19)23-17)21-12-14-4-2-5-16(20)11-14/h2-7,11,15,21H,1,8-10,12H2. The molecule has 0 unspecified atom stereocenters. The van der Waals surface area contributed by atoms with E-state index in [1.54, 1.807) is 0 Å². The number of hydrogen-bond donors (Lipinski definition) is 1. The second-order valence-electron chi connectivity index (χ2n) is 6.30. The highest BCUT2D eigenvalue weighted by Gasteiger charge is 2.25. The molecule has 1 aliphatic carbocycles. The van der Waals surface area contributed by atoms with Crippen LogP contribution in [0.15, 0.2) is 54.6 Å². The molecule has 1 N–H and O–H groups in total. The normalized spacial score (nSPS) is 14.0. The highest BCUT2D eigenvalue weighted by Crippen LogP contribution is 2.36. The van der Waals surface area contributed by atoms with Crippen molar-refractivity contribution in [3.63, 3.8) is 0 Å². The molecule has 0 aliphatic heterocycles. The van der Waals surface area contributed by atoms with Crippen LogP contribution in [0.1, 0.15) is 24.2 Å². The number of anilines is 1. The number of nitrogens with zero attached hydrogens (tertiary/aromatic N) is 3. The fraction of sp³-hybridized carbons (Fsp3) is 0.263. The van der Waals surface area contributed by atoms with E-state index in [1.165, 1.54) is 18.4 Å². The Morgan fingerprint density at radius 1 is 1.25 bits per heavy atom. The first-order chi connectivity index (χ1) is 11.7. The average Bonchev–Trinajstić information content (AvgIpc) is 3.33. The van der Waals surface area contributed by atoms with Gasteiger partial charge in [0.25, 0.3) is 0 Å². The zero-order chi connectivity index (χ0) is 16.5. The molecule has 3 aromatic rings. The van der Waals surface area contributed by atoms with Crippen molar-refractivity contribution in [1.82, 2.24) is 14.6 Å². The second-order valence-corrected chi connectivity index (χ2v) is 6.74. The lowest BCUT2D eigenvalue weighted by atomic mass is 10.1. The van der Waals surface area contributed by atoms with Gasteiger partial charge in [0.15, 0.2) is 11.5 Å². The maximum atomic E-state index is 6.04. The van der Waals surface area contributed by atoms with Crippen LogP contribution in [0.2, 0.25) is 5.02 Å². The zero-order valence-corrected chi connectivity index (χ0v) is 14.1. The summed E-state index contributed by atoms with van der Waals surface area (Å²) in [6.07, 6.45) is 3.29. The van der Waals surface area contributed by atoms with E-state index in [2.05, 4.69) is 22.0 Å². The van der Waals surface area contributed by atoms with Gasteiger partial charge in [0.2, 0.25) is 0 Å². The molecular formula is C19H19ClN4. The van der Waals surface area contributed by atoms with Crippen LogP contribution in [0.3, 0.4) is 0 Å². The molecule has 1 aromatic carbocycles. The molecule has 0 amide bonds. The van der Waals surface area contributed by atoms with Crippen LogP contribution in [0, 0.1) is 5.92 Å². The van der Waals surface area contributed by atoms with E-state index in [1.807, 2.05) is 47.0 Å². The van der Waals surface area contributed by atoms with Gasteiger partial charge in [-0.3, -0.25) is 0 Å². The van der Waals surface area contributed by atoms with Crippen LogP contribution in [-0.2, 0) is 13.0 Å². The molecule has 4 nitrogen and oxygen atoms in total. The number of rotatable bonds is 6. The Bertz CT molecular complexity index is 895. The third kappa shape index (κ3) is 3.29. The van der Waals surface area contributed by atoms with E-state index in [-0.39, 0.29) is 0 Å². The van der Waals surface area contributed by atoms with Gasteiger partial charge in [0.05, 0.1) is 0 Å². The number of nitrogens with one attached hydrogen (secondary N) is 1. The van der Waals surface area contributed by atoms with E-state index in [0.29, 0.717) is 12.5 Å². The Kier molecular flexibility index (Phi) is 3.98. The number of hydrogen-bond acceptors (Lipinski definition) is 3. The van der Waals surface area contributed by atoms with Gasteiger partial charge in [-0.25, -0.2) is 4.98 Å². The summed E-state index contributed by atoms with van der Waals surface area (Å²) < 4.78 is 1.86. The van der Waals surface area contributed by atoms with Crippen molar-refractivity contribution in [2.45, 2.75) is 25.8 Å². The SMILES string of the molecule is C=C(Cc1nc2cccc(NCc3cccc(Cl)c3)n2n1)C1CC1. The Balaban J connectivity index is 1.54. The number of fused-ring (bicyclic) bond motifs is 1. The van der Waals surface area contributed by atoms with Gasteiger partial charge in [0.1, 0.15) is 5.82 Å². The monoisotopic (exact) mass is 338 g/mol. The lowest BCUT2D eigenvalue weighted by Gasteiger charge is -2.08. The van der Waals surface area contributed by atoms with Crippen LogP contribution in [0.4, 0.5) is 5.82 Å². The molecule has 0 spiro atoms. The summed E-state index contributed by atoms with van der Waals surface area (Å²) in [6.45, 7) is 4.86. The van der Waals surface area contributed by atoms with E-state index < -0.39 is 0 Å². The Hall–Kier alpha value is -2.33. The molecule has 5 heteroatoms. The quantitative estimate of drug-likeness (QED) is 0.673. The molecule has 1 saturated carbocycles. The zero-order valence-electron chi connectivity index (χ0n) is 13.4. The van der Waals surface area contributed by atoms with Gasteiger partial charge in [-0.1, -0.05) is 42.0 Å². The smallest absolute Gasteiger partial charge is 0.158 e. The largest absolute Gasteiger partial charge is 0.366 e. The lowest BCUT2D eigenvalue weighted by molar-refractivity contribution is 0.852. The highest BCUT2D eigenvalue weighted by molar-refractivity contribution is 6.30. The predicted octanol–water partition coefficient (Wildman–Crippen LogP) is 4.50. The van der Waals surface area contributed by atoms with Gasteiger partial charge < -0.3 is 5.32 Å². The van der Waals surface area contributed by atoms with Crippen LogP contribution in [0.5, 0.6) is 0 Å². The molecule has 0 radical (unpaired) electrons. The summed E-state index contributed by atoms with van der Waals surface area (Å²) in [5.41, 5.74) is 3.23. The molecule has 0 bridgehead atoms. The summed E-state index contributed by atoms with van der Waals surface area (Å²) in [5.74, 6) is 2.43. The van der Waals surface area contributed by atoms with Gasteiger partial charge in [-0.05, 0) is 48.6 Å². The molecule has 24 heavy (non-hydrogen) atoms. The minimum Gasteiger partial charge on any atom is -0.366 e. The Labute approximate surface area is 146 Å². The van der Waals surface area contributed by atoms with Crippen molar-refractivity contribution in [2.75, 3.05) is 5.32 Å². The number of pyridine rings is 1. The van der Waals surface area contributed by atoms with E-state index in [0.717, 1.165) is 34.3 Å². The first-order valence-electron chi connectivity index (χ1n) is 8.20. The summed E-state index contributed by atoms with van der Waals surface area (Å²) in [7, 11) is 0. The first-order valence-corrected chi connectivity index (χ1v) is 8.57. The van der Waals surface area contributed by atoms with Crippen molar-refractivity contribution >= 4 is 23.1 Å². The Morgan fingerprint density at radius 3 is 2.88 bits per heavy atom. The van der Waals surface area contributed by atoms with Crippen molar-refractivity contribution in [2.24, 2.45) is 5.92 Å². The molecule has 1 aliphatic rings. The van der Waals surface area contributed by atoms with Crippen molar-refractivity contribution in [1.29, 1.82) is 0 Å². The number of halogens is 1. The average molecular weight is 339 g/mol. The summed E-state index contributed by atoms with van der Waals surface area (Å²) in [6, 6.07) is 13.8. The number of benzene rings is 1.